The molecule has 0 fully saturated rings. The van der Waals surface area contributed by atoms with Gasteiger partial charge in [0.2, 0.25) is 0 Å². The average molecular weight is 244 g/mol. The molecule has 0 aliphatic rings. The van der Waals surface area contributed by atoms with Crippen LogP contribution in [0.5, 0.6) is 0 Å². The van der Waals surface area contributed by atoms with Crippen LogP contribution in [0.25, 0.3) is 0 Å². The first-order chi connectivity index (χ1) is 8.26. The lowest BCUT2D eigenvalue weighted by atomic mass is 9.93. The van der Waals surface area contributed by atoms with Crippen molar-refractivity contribution in [1.29, 1.82) is 0 Å². The molecule has 0 aliphatic heterocycles. The molecule has 0 amide bonds. The normalized spacial score (nSPS) is 14.8. The van der Waals surface area contributed by atoms with Gasteiger partial charge in [0.05, 0.1) is 6.10 Å². The third-order valence-electron chi connectivity index (χ3n) is 3.54. The lowest BCUT2D eigenvalue weighted by Gasteiger charge is -2.20. The van der Waals surface area contributed by atoms with Gasteiger partial charge in [0.1, 0.15) is 0 Å². The molecule has 0 aromatic rings. The van der Waals surface area contributed by atoms with Crippen molar-refractivity contribution < 1.29 is 10.2 Å². The first kappa shape index (κ1) is 16.9. The molecule has 0 spiro atoms. The van der Waals surface area contributed by atoms with E-state index < -0.39 is 0 Å². The summed E-state index contributed by atoms with van der Waals surface area (Å²) < 4.78 is 0. The van der Waals surface area contributed by atoms with Gasteiger partial charge >= 0.3 is 0 Å². The van der Waals surface area contributed by atoms with Crippen molar-refractivity contribution >= 4 is 0 Å². The van der Waals surface area contributed by atoms with E-state index >= 15 is 0 Å². The van der Waals surface area contributed by atoms with E-state index in [9.17, 15) is 5.11 Å². The Kier molecular flexibility index (Phi) is 12.3. The van der Waals surface area contributed by atoms with Crippen LogP contribution in [-0.4, -0.2) is 22.9 Å². The SMILES string of the molecule is CCCCCCCCCC(O)C(CO)CCC. The molecule has 0 aromatic heterocycles. The summed E-state index contributed by atoms with van der Waals surface area (Å²) in [6.45, 7) is 4.47. The maximum Gasteiger partial charge on any atom is 0.0590 e. The van der Waals surface area contributed by atoms with Gasteiger partial charge in [0.25, 0.3) is 0 Å². The number of rotatable bonds is 12. The molecule has 2 N–H and O–H groups in total. The molecule has 2 heteroatoms. The van der Waals surface area contributed by atoms with Gasteiger partial charge in [0, 0.05) is 12.5 Å². The molecule has 0 bridgehead atoms. The number of hydrogen-bond acceptors (Lipinski definition) is 2. The molecule has 2 unspecified atom stereocenters. The van der Waals surface area contributed by atoms with Crippen molar-refractivity contribution in [2.75, 3.05) is 6.61 Å². The van der Waals surface area contributed by atoms with Crippen molar-refractivity contribution in [3.63, 3.8) is 0 Å². The van der Waals surface area contributed by atoms with Gasteiger partial charge in [-0.05, 0) is 12.8 Å². The lowest BCUT2D eigenvalue weighted by molar-refractivity contribution is 0.0539. The van der Waals surface area contributed by atoms with Gasteiger partial charge in [-0.3, -0.25) is 0 Å². The summed E-state index contributed by atoms with van der Waals surface area (Å²) in [4.78, 5) is 0. The zero-order valence-corrected chi connectivity index (χ0v) is 11.8. The highest BCUT2D eigenvalue weighted by molar-refractivity contribution is 4.67. The Morgan fingerprint density at radius 1 is 0.765 bits per heavy atom. The summed E-state index contributed by atoms with van der Waals surface area (Å²) >= 11 is 0. The van der Waals surface area contributed by atoms with E-state index in [-0.39, 0.29) is 18.6 Å². The molecule has 0 saturated carbocycles. The lowest BCUT2D eigenvalue weighted by Crippen LogP contribution is -2.23. The van der Waals surface area contributed by atoms with Gasteiger partial charge in [-0.15, -0.1) is 0 Å². The van der Waals surface area contributed by atoms with Gasteiger partial charge in [-0.1, -0.05) is 65.2 Å². The monoisotopic (exact) mass is 244 g/mol. The Labute approximate surface area is 107 Å². The van der Waals surface area contributed by atoms with Crippen LogP contribution in [0.3, 0.4) is 0 Å². The molecule has 0 saturated heterocycles. The summed E-state index contributed by atoms with van der Waals surface area (Å²) in [5, 5.41) is 19.1. The van der Waals surface area contributed by atoms with Crippen LogP contribution >= 0.6 is 0 Å². The number of aliphatic hydroxyl groups is 2. The van der Waals surface area contributed by atoms with Crippen LogP contribution in [0.4, 0.5) is 0 Å². The molecular weight excluding hydrogens is 212 g/mol. The molecule has 17 heavy (non-hydrogen) atoms. The van der Waals surface area contributed by atoms with Crippen LogP contribution < -0.4 is 0 Å². The minimum atomic E-state index is -0.296. The fraction of sp³-hybridized carbons (Fsp3) is 1.00. The minimum absolute atomic E-state index is 0.0973. The Hall–Kier alpha value is -0.0800. The van der Waals surface area contributed by atoms with E-state index in [1.165, 1.54) is 38.5 Å². The van der Waals surface area contributed by atoms with Crippen LogP contribution in [-0.2, 0) is 0 Å². The Bertz CT molecular complexity index is 148. The van der Waals surface area contributed by atoms with E-state index in [0.29, 0.717) is 0 Å². The second-order valence-electron chi connectivity index (χ2n) is 5.21. The zero-order valence-electron chi connectivity index (χ0n) is 11.8. The second-order valence-corrected chi connectivity index (χ2v) is 5.21. The molecule has 0 aliphatic carbocycles. The number of unbranched alkanes of at least 4 members (excludes halogenated alkanes) is 6. The quantitative estimate of drug-likeness (QED) is 0.511. The van der Waals surface area contributed by atoms with E-state index in [2.05, 4.69) is 13.8 Å². The van der Waals surface area contributed by atoms with Crippen molar-refractivity contribution in [2.24, 2.45) is 5.92 Å². The highest BCUT2D eigenvalue weighted by atomic mass is 16.3. The third-order valence-corrected chi connectivity index (χ3v) is 3.54. The van der Waals surface area contributed by atoms with Crippen molar-refractivity contribution in [2.45, 2.75) is 84.2 Å². The van der Waals surface area contributed by atoms with Gasteiger partial charge in [0.15, 0.2) is 0 Å². The van der Waals surface area contributed by atoms with E-state index in [0.717, 1.165) is 25.7 Å². The molecule has 0 radical (unpaired) electrons. The zero-order chi connectivity index (χ0) is 12.9. The van der Waals surface area contributed by atoms with Crippen LogP contribution in [0, 0.1) is 5.92 Å². The van der Waals surface area contributed by atoms with E-state index in [1.54, 1.807) is 0 Å². The third kappa shape index (κ3) is 9.61. The summed E-state index contributed by atoms with van der Waals surface area (Å²) in [7, 11) is 0. The summed E-state index contributed by atoms with van der Waals surface area (Å²) in [6.07, 6.45) is 11.5. The molecule has 0 rings (SSSR count). The van der Waals surface area contributed by atoms with E-state index in [4.69, 9.17) is 5.11 Å². The predicted molar refractivity (Wildman–Crippen MR) is 74.1 cm³/mol. The van der Waals surface area contributed by atoms with E-state index in [1.807, 2.05) is 0 Å². The summed E-state index contributed by atoms with van der Waals surface area (Å²) in [5.74, 6) is 0.0973. The first-order valence-corrected chi connectivity index (χ1v) is 7.55. The fourth-order valence-corrected chi connectivity index (χ4v) is 2.32. The molecule has 104 valence electrons. The standard InChI is InChI=1S/C15H32O2/c1-3-5-6-7-8-9-10-12-15(17)14(13-16)11-4-2/h14-17H,3-13H2,1-2H3. The average Bonchev–Trinajstić information content (AvgIpc) is 2.34. The largest absolute Gasteiger partial charge is 0.396 e. The number of hydrogen-bond donors (Lipinski definition) is 2. The topological polar surface area (TPSA) is 40.5 Å². The molecular formula is C15H32O2. The molecule has 0 aromatic carbocycles. The fourth-order valence-electron chi connectivity index (χ4n) is 2.32. The maximum atomic E-state index is 9.92. The number of aliphatic hydroxyl groups excluding tert-OH is 2. The molecule has 2 nitrogen and oxygen atoms in total. The first-order valence-electron chi connectivity index (χ1n) is 7.55. The minimum Gasteiger partial charge on any atom is -0.396 e. The maximum absolute atomic E-state index is 9.92. The van der Waals surface area contributed by atoms with Gasteiger partial charge in [-0.2, -0.15) is 0 Å². The summed E-state index contributed by atoms with van der Waals surface area (Å²) in [5.41, 5.74) is 0. The molecule has 2 atom stereocenters. The highest BCUT2D eigenvalue weighted by Crippen LogP contribution is 2.17. The van der Waals surface area contributed by atoms with Gasteiger partial charge < -0.3 is 10.2 Å². The smallest absolute Gasteiger partial charge is 0.0590 e. The Balaban J connectivity index is 3.39. The van der Waals surface area contributed by atoms with Crippen LogP contribution in [0.15, 0.2) is 0 Å². The van der Waals surface area contributed by atoms with Gasteiger partial charge in [-0.25, -0.2) is 0 Å². The second kappa shape index (κ2) is 12.4. The summed E-state index contributed by atoms with van der Waals surface area (Å²) in [6, 6.07) is 0. The van der Waals surface area contributed by atoms with Crippen LogP contribution in [0.2, 0.25) is 0 Å². The van der Waals surface area contributed by atoms with Crippen molar-refractivity contribution in [3.05, 3.63) is 0 Å². The Morgan fingerprint density at radius 2 is 1.35 bits per heavy atom. The van der Waals surface area contributed by atoms with Crippen molar-refractivity contribution in [3.8, 4) is 0 Å². The molecule has 0 heterocycles. The predicted octanol–water partition coefficient (Wildman–Crippen LogP) is 3.90. The van der Waals surface area contributed by atoms with Crippen molar-refractivity contribution in [1.82, 2.24) is 0 Å². The Morgan fingerprint density at radius 3 is 1.88 bits per heavy atom. The highest BCUT2D eigenvalue weighted by Gasteiger charge is 2.16. The van der Waals surface area contributed by atoms with Crippen LogP contribution in [0.1, 0.15) is 78.1 Å².